The predicted octanol–water partition coefficient (Wildman–Crippen LogP) is 3.07. The Balaban J connectivity index is 1.82. The molecule has 1 aliphatic heterocycles. The maximum atomic E-state index is 5.60. The monoisotopic (exact) mass is 235 g/mol. The third-order valence-corrected chi connectivity index (χ3v) is 2.86. The first-order valence-electron chi connectivity index (χ1n) is 6.47. The summed E-state index contributed by atoms with van der Waals surface area (Å²) < 4.78 is 11.2. The van der Waals surface area contributed by atoms with Gasteiger partial charge in [0.2, 0.25) is 0 Å². The van der Waals surface area contributed by atoms with Crippen LogP contribution in [-0.4, -0.2) is 25.9 Å². The highest BCUT2D eigenvalue weighted by molar-refractivity contribution is 5.48. The Bertz CT molecular complexity index is 335. The molecule has 1 aliphatic rings. The van der Waals surface area contributed by atoms with E-state index in [0.29, 0.717) is 6.10 Å². The van der Waals surface area contributed by atoms with Gasteiger partial charge in [0, 0.05) is 24.9 Å². The van der Waals surface area contributed by atoms with Crippen molar-refractivity contribution < 1.29 is 9.47 Å². The molecule has 0 saturated carbocycles. The minimum Gasteiger partial charge on any atom is -0.494 e. The summed E-state index contributed by atoms with van der Waals surface area (Å²) in [5.41, 5.74) is 1.11. The zero-order valence-electron chi connectivity index (χ0n) is 10.4. The van der Waals surface area contributed by atoms with Gasteiger partial charge in [-0.1, -0.05) is 13.0 Å². The number of ether oxygens (including phenoxy) is 2. The summed E-state index contributed by atoms with van der Waals surface area (Å²) in [6.45, 7) is 4.68. The van der Waals surface area contributed by atoms with Gasteiger partial charge in [0.15, 0.2) is 0 Å². The Kier molecular flexibility index (Phi) is 4.68. The molecule has 0 amide bonds. The summed E-state index contributed by atoms with van der Waals surface area (Å²) in [5, 5.41) is 3.40. The normalized spacial score (nSPS) is 19.2. The van der Waals surface area contributed by atoms with Gasteiger partial charge < -0.3 is 14.8 Å². The molecule has 0 bridgehead atoms. The van der Waals surface area contributed by atoms with Crippen LogP contribution in [0.4, 0.5) is 5.69 Å². The van der Waals surface area contributed by atoms with E-state index in [1.165, 1.54) is 12.8 Å². The van der Waals surface area contributed by atoms with Crippen molar-refractivity contribution >= 4 is 5.69 Å². The zero-order chi connectivity index (χ0) is 11.9. The largest absolute Gasteiger partial charge is 0.494 e. The average molecular weight is 235 g/mol. The SMILES string of the molecule is CCCOc1cccc(NCC2CCCO2)c1. The van der Waals surface area contributed by atoms with Crippen LogP contribution >= 0.6 is 0 Å². The Hall–Kier alpha value is -1.22. The smallest absolute Gasteiger partial charge is 0.121 e. The zero-order valence-corrected chi connectivity index (χ0v) is 10.4. The molecule has 0 radical (unpaired) electrons. The summed E-state index contributed by atoms with van der Waals surface area (Å²) in [5.74, 6) is 0.934. The van der Waals surface area contributed by atoms with E-state index in [1.807, 2.05) is 18.2 Å². The van der Waals surface area contributed by atoms with Crippen molar-refractivity contribution in [1.29, 1.82) is 0 Å². The Morgan fingerprint density at radius 3 is 3.18 bits per heavy atom. The van der Waals surface area contributed by atoms with E-state index in [9.17, 15) is 0 Å². The Morgan fingerprint density at radius 1 is 1.47 bits per heavy atom. The molecule has 17 heavy (non-hydrogen) atoms. The van der Waals surface area contributed by atoms with Gasteiger partial charge in [-0.25, -0.2) is 0 Å². The summed E-state index contributed by atoms with van der Waals surface area (Å²) in [6, 6.07) is 8.12. The van der Waals surface area contributed by atoms with Gasteiger partial charge in [-0.15, -0.1) is 0 Å². The lowest BCUT2D eigenvalue weighted by molar-refractivity contribution is 0.120. The second-order valence-corrected chi connectivity index (χ2v) is 4.39. The predicted molar refractivity (Wildman–Crippen MR) is 69.7 cm³/mol. The van der Waals surface area contributed by atoms with Crippen LogP contribution in [0.15, 0.2) is 24.3 Å². The summed E-state index contributed by atoms with van der Waals surface area (Å²) in [7, 11) is 0. The molecule has 1 aromatic rings. The molecule has 94 valence electrons. The van der Waals surface area contributed by atoms with Gasteiger partial charge in [-0.05, 0) is 31.4 Å². The van der Waals surface area contributed by atoms with Crippen molar-refractivity contribution in [1.82, 2.24) is 0 Å². The molecule has 2 rings (SSSR count). The van der Waals surface area contributed by atoms with Gasteiger partial charge in [0.1, 0.15) is 5.75 Å². The van der Waals surface area contributed by atoms with E-state index >= 15 is 0 Å². The molecule has 1 unspecified atom stereocenters. The third-order valence-electron chi connectivity index (χ3n) is 2.86. The highest BCUT2D eigenvalue weighted by Crippen LogP contribution is 2.19. The molecular formula is C14H21NO2. The second kappa shape index (κ2) is 6.50. The van der Waals surface area contributed by atoms with Crippen molar-refractivity contribution in [3.05, 3.63) is 24.3 Å². The highest BCUT2D eigenvalue weighted by atomic mass is 16.5. The molecule has 1 atom stereocenters. The molecule has 1 saturated heterocycles. The van der Waals surface area contributed by atoms with Crippen molar-refractivity contribution in [2.24, 2.45) is 0 Å². The number of rotatable bonds is 6. The second-order valence-electron chi connectivity index (χ2n) is 4.39. The topological polar surface area (TPSA) is 30.5 Å². The lowest BCUT2D eigenvalue weighted by Gasteiger charge is -2.13. The van der Waals surface area contributed by atoms with E-state index in [-0.39, 0.29) is 0 Å². The van der Waals surface area contributed by atoms with Crippen molar-refractivity contribution in [3.63, 3.8) is 0 Å². The van der Waals surface area contributed by atoms with Gasteiger partial charge in [0.05, 0.1) is 12.7 Å². The quantitative estimate of drug-likeness (QED) is 0.822. The molecule has 3 nitrogen and oxygen atoms in total. The molecule has 1 fully saturated rings. The standard InChI is InChI=1S/C14H21NO2/c1-2-8-16-13-6-3-5-12(10-13)15-11-14-7-4-9-17-14/h3,5-6,10,14-15H,2,4,7-9,11H2,1H3. The number of anilines is 1. The molecule has 0 aromatic heterocycles. The summed E-state index contributed by atoms with van der Waals surface area (Å²) in [4.78, 5) is 0. The van der Waals surface area contributed by atoms with Crippen LogP contribution in [0.25, 0.3) is 0 Å². The third kappa shape index (κ3) is 3.93. The first kappa shape index (κ1) is 12.2. The van der Waals surface area contributed by atoms with Gasteiger partial charge in [0.25, 0.3) is 0 Å². The minimum atomic E-state index is 0.371. The van der Waals surface area contributed by atoms with E-state index < -0.39 is 0 Å². The van der Waals surface area contributed by atoms with Crippen LogP contribution < -0.4 is 10.1 Å². The number of benzene rings is 1. The van der Waals surface area contributed by atoms with Crippen LogP contribution in [0, 0.1) is 0 Å². The van der Waals surface area contributed by atoms with E-state index in [2.05, 4.69) is 18.3 Å². The molecular weight excluding hydrogens is 214 g/mol. The van der Waals surface area contributed by atoms with E-state index in [1.54, 1.807) is 0 Å². The van der Waals surface area contributed by atoms with Crippen LogP contribution in [0.1, 0.15) is 26.2 Å². The lowest BCUT2D eigenvalue weighted by atomic mass is 10.2. The van der Waals surface area contributed by atoms with Gasteiger partial charge in [-0.3, -0.25) is 0 Å². The van der Waals surface area contributed by atoms with Crippen LogP contribution in [0.2, 0.25) is 0 Å². The lowest BCUT2D eigenvalue weighted by Crippen LogP contribution is -2.18. The van der Waals surface area contributed by atoms with Crippen LogP contribution in [0.3, 0.4) is 0 Å². The summed E-state index contributed by atoms with van der Waals surface area (Å²) in [6.07, 6.45) is 3.76. The fraction of sp³-hybridized carbons (Fsp3) is 0.571. The molecule has 1 N–H and O–H groups in total. The average Bonchev–Trinajstić information content (AvgIpc) is 2.87. The maximum absolute atomic E-state index is 5.60. The molecule has 1 heterocycles. The number of hydrogen-bond donors (Lipinski definition) is 1. The summed E-state index contributed by atoms with van der Waals surface area (Å²) >= 11 is 0. The van der Waals surface area contributed by atoms with Crippen LogP contribution in [-0.2, 0) is 4.74 Å². The first-order valence-corrected chi connectivity index (χ1v) is 6.47. The van der Waals surface area contributed by atoms with Gasteiger partial charge in [-0.2, -0.15) is 0 Å². The molecule has 1 aromatic carbocycles. The molecule has 3 heteroatoms. The Morgan fingerprint density at radius 2 is 2.41 bits per heavy atom. The highest BCUT2D eigenvalue weighted by Gasteiger charge is 2.14. The van der Waals surface area contributed by atoms with Gasteiger partial charge >= 0.3 is 0 Å². The fourth-order valence-electron chi connectivity index (χ4n) is 1.95. The van der Waals surface area contributed by atoms with Crippen molar-refractivity contribution in [2.45, 2.75) is 32.3 Å². The van der Waals surface area contributed by atoms with E-state index in [4.69, 9.17) is 9.47 Å². The maximum Gasteiger partial charge on any atom is 0.121 e. The fourth-order valence-corrected chi connectivity index (χ4v) is 1.95. The number of nitrogens with one attached hydrogen (secondary N) is 1. The van der Waals surface area contributed by atoms with Crippen LogP contribution in [0.5, 0.6) is 5.75 Å². The first-order chi connectivity index (χ1) is 8.38. The number of hydrogen-bond acceptors (Lipinski definition) is 3. The molecule has 0 aliphatic carbocycles. The van der Waals surface area contributed by atoms with E-state index in [0.717, 1.165) is 37.6 Å². The minimum absolute atomic E-state index is 0.371. The van der Waals surface area contributed by atoms with Crippen molar-refractivity contribution in [3.8, 4) is 5.75 Å². The Labute approximate surface area is 103 Å². The van der Waals surface area contributed by atoms with Crippen molar-refractivity contribution in [2.75, 3.05) is 25.1 Å². The molecule has 0 spiro atoms.